The van der Waals surface area contributed by atoms with Gasteiger partial charge < -0.3 is 29.5 Å². The van der Waals surface area contributed by atoms with Crippen molar-refractivity contribution in [3.05, 3.63) is 39.9 Å². The lowest BCUT2D eigenvalue weighted by Crippen LogP contribution is -2.35. The first-order valence-corrected chi connectivity index (χ1v) is 11.5. The molecule has 31 heavy (non-hydrogen) atoms. The molecule has 170 valence electrons. The first-order chi connectivity index (χ1) is 14.6. The molecule has 1 aromatic carbocycles. The van der Waals surface area contributed by atoms with Gasteiger partial charge in [-0.1, -0.05) is 17.7 Å². The maximum absolute atomic E-state index is 12.9. The second-order valence-electron chi connectivity index (χ2n) is 7.16. The topological polar surface area (TPSA) is 168 Å². The van der Waals surface area contributed by atoms with Crippen LogP contribution in [0.15, 0.2) is 29.3 Å². The summed E-state index contributed by atoms with van der Waals surface area (Å²) in [4.78, 5) is 47.6. The van der Waals surface area contributed by atoms with Gasteiger partial charge in [0.1, 0.15) is 6.10 Å². The number of esters is 1. The predicted octanol–water partition coefficient (Wildman–Crippen LogP) is 0.416. The van der Waals surface area contributed by atoms with E-state index in [1.807, 2.05) is 0 Å². The molecule has 3 rings (SSSR count). The lowest BCUT2D eigenvalue weighted by atomic mass is 10.1. The summed E-state index contributed by atoms with van der Waals surface area (Å²) in [5.74, 6) is -4.21. The van der Waals surface area contributed by atoms with Crippen LogP contribution >= 0.6 is 19.2 Å². The van der Waals surface area contributed by atoms with E-state index in [2.05, 4.69) is 9.72 Å². The third-order valence-electron chi connectivity index (χ3n) is 5.15. The van der Waals surface area contributed by atoms with Crippen molar-refractivity contribution in [1.82, 2.24) is 9.55 Å². The largest absolute Gasteiger partial charge is 0.464 e. The maximum atomic E-state index is 12.9. The fraction of sp³-hybridized carbons (Fsp3) is 0.500. The minimum Gasteiger partial charge on any atom is -0.464 e. The number of aliphatic hydroxyl groups is 2. The van der Waals surface area contributed by atoms with Gasteiger partial charge in [0.05, 0.1) is 47.6 Å². The highest BCUT2D eigenvalue weighted by molar-refractivity contribution is 7.53. The highest BCUT2D eigenvalue weighted by atomic mass is 35.5. The number of rotatable bonds is 7. The molecule has 0 saturated heterocycles. The number of benzene rings is 1. The van der Waals surface area contributed by atoms with Gasteiger partial charge in [-0.15, -0.1) is 0 Å². The molecule has 11 nitrogen and oxygen atoms in total. The van der Waals surface area contributed by atoms with Gasteiger partial charge in [0.2, 0.25) is 0 Å². The van der Waals surface area contributed by atoms with E-state index in [1.54, 1.807) is 12.1 Å². The summed E-state index contributed by atoms with van der Waals surface area (Å²) in [6.45, 7) is 0.906. The Bertz CT molecular complexity index is 1070. The smallest absolute Gasteiger partial charge is 0.365 e. The molecule has 4 N–H and O–H groups in total. The molecule has 0 bridgehead atoms. The summed E-state index contributed by atoms with van der Waals surface area (Å²) in [7, 11) is -4.99. The SMILES string of the molecule is CCOC(=O)C(OC[C@H]1C[C@@H](n2cnc3cccc(Cl)c3c2=O)[C@H](O)[C@@H]1O)P(=O)(O)O. The molecule has 1 saturated carbocycles. The number of hydrogen-bond acceptors (Lipinski definition) is 8. The summed E-state index contributed by atoms with van der Waals surface area (Å²) in [5.41, 5.74) is -0.131. The van der Waals surface area contributed by atoms with Crippen LogP contribution in [0.5, 0.6) is 0 Å². The van der Waals surface area contributed by atoms with Crippen molar-refractivity contribution in [3.63, 3.8) is 0 Å². The van der Waals surface area contributed by atoms with E-state index < -0.39 is 55.7 Å². The van der Waals surface area contributed by atoms with Crippen LogP contribution in [-0.4, -0.2) is 66.8 Å². The molecule has 5 atom stereocenters. The summed E-state index contributed by atoms with van der Waals surface area (Å²) < 4.78 is 22.4. The third-order valence-corrected chi connectivity index (χ3v) is 6.44. The average molecular weight is 477 g/mol. The lowest BCUT2D eigenvalue weighted by molar-refractivity contribution is -0.153. The van der Waals surface area contributed by atoms with Gasteiger partial charge in [0, 0.05) is 5.92 Å². The number of aromatic nitrogens is 2. The Balaban J connectivity index is 1.82. The zero-order valence-electron chi connectivity index (χ0n) is 16.4. The molecule has 13 heteroatoms. The van der Waals surface area contributed by atoms with Gasteiger partial charge in [-0.3, -0.25) is 13.9 Å². The number of ether oxygens (including phenoxy) is 2. The number of carbonyl (C=O) groups is 1. The molecule has 2 aromatic rings. The molecule has 1 aromatic heterocycles. The molecular weight excluding hydrogens is 455 g/mol. The Hall–Kier alpha value is -1.85. The van der Waals surface area contributed by atoms with Gasteiger partial charge in [-0.2, -0.15) is 0 Å². The van der Waals surface area contributed by atoms with Gasteiger partial charge >= 0.3 is 13.6 Å². The van der Waals surface area contributed by atoms with Crippen LogP contribution in [0.25, 0.3) is 10.9 Å². The molecular formula is C18H22ClN2O9P. The third kappa shape index (κ3) is 4.83. The first kappa shape index (κ1) is 23.8. The minimum atomic E-state index is -4.99. The number of carbonyl (C=O) groups excluding carboxylic acids is 1. The van der Waals surface area contributed by atoms with Gasteiger partial charge in [0.25, 0.3) is 11.4 Å². The molecule has 0 amide bonds. The fourth-order valence-corrected chi connectivity index (χ4v) is 4.53. The Morgan fingerprint density at radius 3 is 2.71 bits per heavy atom. The zero-order valence-corrected chi connectivity index (χ0v) is 18.0. The van der Waals surface area contributed by atoms with Crippen LogP contribution < -0.4 is 5.56 Å². The number of halogens is 1. The van der Waals surface area contributed by atoms with E-state index in [-0.39, 0.29) is 23.4 Å². The standard InChI is InChI=1S/C18H22ClN2O9P/c1-2-29-17(25)18(31(26,27)28)30-7-9-6-12(15(23)14(9)22)21-8-20-11-5-3-4-10(19)13(11)16(21)24/h3-5,8-9,12,14-15,18,22-23H,2,6-7H2,1H3,(H2,26,27,28)/t9-,12-,14-,15+,18?/m1/s1. The number of fused-ring (bicyclic) bond motifs is 1. The van der Waals surface area contributed by atoms with E-state index in [9.17, 15) is 34.2 Å². The highest BCUT2D eigenvalue weighted by Crippen LogP contribution is 2.44. The molecule has 1 aliphatic carbocycles. The summed E-state index contributed by atoms with van der Waals surface area (Å²) in [6, 6.07) is 3.90. The van der Waals surface area contributed by atoms with E-state index >= 15 is 0 Å². The first-order valence-electron chi connectivity index (χ1n) is 9.41. The molecule has 0 radical (unpaired) electrons. The molecule has 1 unspecified atom stereocenters. The van der Waals surface area contributed by atoms with E-state index in [1.165, 1.54) is 19.3 Å². The van der Waals surface area contributed by atoms with Crippen molar-refractivity contribution in [2.24, 2.45) is 5.92 Å². The minimum absolute atomic E-state index is 0.0244. The maximum Gasteiger partial charge on any atom is 0.365 e. The molecule has 1 fully saturated rings. The lowest BCUT2D eigenvalue weighted by Gasteiger charge is -2.21. The van der Waals surface area contributed by atoms with Crippen molar-refractivity contribution >= 4 is 36.1 Å². The normalized spacial score (nSPS) is 25.0. The monoisotopic (exact) mass is 476 g/mol. The predicted molar refractivity (Wildman–Crippen MR) is 109 cm³/mol. The van der Waals surface area contributed by atoms with Gasteiger partial charge in [-0.25, -0.2) is 9.78 Å². The van der Waals surface area contributed by atoms with E-state index in [0.717, 1.165) is 4.57 Å². The number of nitrogens with zero attached hydrogens (tertiary/aromatic N) is 2. The summed E-state index contributed by atoms with van der Waals surface area (Å²) in [5, 5.41) is 21.3. The quantitative estimate of drug-likeness (QED) is 0.324. The molecule has 1 aliphatic rings. The Morgan fingerprint density at radius 2 is 2.06 bits per heavy atom. The Morgan fingerprint density at radius 1 is 1.35 bits per heavy atom. The van der Waals surface area contributed by atoms with Crippen molar-refractivity contribution in [3.8, 4) is 0 Å². The average Bonchev–Trinajstić information content (AvgIpc) is 2.96. The van der Waals surface area contributed by atoms with Crippen LogP contribution in [0, 0.1) is 5.92 Å². The number of aliphatic hydroxyl groups excluding tert-OH is 2. The highest BCUT2D eigenvalue weighted by Gasteiger charge is 2.45. The van der Waals surface area contributed by atoms with E-state index in [4.69, 9.17) is 16.3 Å². The van der Waals surface area contributed by atoms with Crippen molar-refractivity contribution < 1.29 is 38.8 Å². The van der Waals surface area contributed by atoms with Crippen LogP contribution in [0.1, 0.15) is 19.4 Å². The van der Waals surface area contributed by atoms with Crippen molar-refractivity contribution in [1.29, 1.82) is 0 Å². The summed E-state index contributed by atoms with van der Waals surface area (Å²) >= 11 is 6.11. The van der Waals surface area contributed by atoms with Crippen LogP contribution in [-0.2, 0) is 18.8 Å². The molecule has 1 heterocycles. The summed E-state index contributed by atoms with van der Waals surface area (Å²) in [6.07, 6.45) is -1.50. The zero-order chi connectivity index (χ0) is 22.9. The Kier molecular flexibility index (Phi) is 7.17. The van der Waals surface area contributed by atoms with Crippen LogP contribution in [0.3, 0.4) is 0 Å². The van der Waals surface area contributed by atoms with Gasteiger partial charge in [0.15, 0.2) is 0 Å². The second kappa shape index (κ2) is 9.33. The number of hydrogen-bond donors (Lipinski definition) is 4. The molecule has 0 spiro atoms. The fourth-order valence-electron chi connectivity index (χ4n) is 3.65. The Labute approximate surface area is 181 Å². The second-order valence-corrected chi connectivity index (χ2v) is 9.22. The molecule has 0 aliphatic heterocycles. The van der Waals surface area contributed by atoms with Crippen LogP contribution in [0.4, 0.5) is 0 Å². The van der Waals surface area contributed by atoms with Gasteiger partial charge in [-0.05, 0) is 25.5 Å². The van der Waals surface area contributed by atoms with E-state index in [0.29, 0.717) is 5.52 Å². The van der Waals surface area contributed by atoms with Crippen molar-refractivity contribution in [2.45, 2.75) is 37.4 Å². The van der Waals surface area contributed by atoms with Crippen LogP contribution in [0.2, 0.25) is 5.02 Å². The van der Waals surface area contributed by atoms with Crippen molar-refractivity contribution in [2.75, 3.05) is 13.2 Å².